The number of aromatic nitrogens is 4. The monoisotopic (exact) mass is 524 g/mol. The molecule has 0 atom stereocenters. The lowest BCUT2D eigenvalue weighted by Crippen LogP contribution is -2.17. The van der Waals surface area contributed by atoms with Crippen LogP contribution < -0.4 is 11.1 Å². The zero-order valence-corrected chi connectivity index (χ0v) is 20.6. The van der Waals surface area contributed by atoms with Crippen LogP contribution in [0.15, 0.2) is 42.6 Å². The maximum absolute atomic E-state index is 13.7. The van der Waals surface area contributed by atoms with Crippen molar-refractivity contribution in [3.63, 3.8) is 0 Å². The number of fused-ring (bicyclic) bond motifs is 2. The zero-order chi connectivity index (χ0) is 26.6. The number of aryl methyl sites for hydroxylation is 3. The number of anilines is 1. The van der Waals surface area contributed by atoms with Crippen LogP contribution in [0.25, 0.3) is 27.0 Å². The molecule has 0 fully saturated rings. The van der Waals surface area contributed by atoms with Crippen LogP contribution in [0.3, 0.4) is 0 Å². The summed E-state index contributed by atoms with van der Waals surface area (Å²) in [5, 5.41) is 7.07. The van der Waals surface area contributed by atoms with Gasteiger partial charge in [-0.2, -0.15) is 18.3 Å². The second-order valence-corrected chi connectivity index (χ2v) is 9.56. The molecule has 0 bridgehead atoms. The van der Waals surface area contributed by atoms with Crippen LogP contribution in [-0.4, -0.2) is 31.4 Å². The van der Waals surface area contributed by atoms with Gasteiger partial charge < -0.3 is 11.1 Å². The third-order valence-corrected chi connectivity index (χ3v) is 6.90. The molecule has 0 unspecified atom stereocenters. The number of nitrogens with one attached hydrogen (secondary N) is 1. The summed E-state index contributed by atoms with van der Waals surface area (Å²) >= 11 is 0.685. The number of alkyl halides is 3. The number of primary amides is 1. The normalized spacial score (nSPS) is 11.8. The molecule has 0 saturated carbocycles. The lowest BCUT2D eigenvalue weighted by molar-refractivity contribution is -0.140. The standard InChI is InChI=1S/C25H19F3N6O2S/c1-11-4-6-14(7-5-11)15-9-17(25(26,27)28)32-24-18(15)19(20(37-24)21(29)35)33-23(36)16-10-30-34-13(3)8-12(2)31-22(16)34/h4-10H,1-3H3,(H2,29,35)(H,33,36). The molecule has 4 heterocycles. The average molecular weight is 525 g/mol. The van der Waals surface area contributed by atoms with E-state index >= 15 is 0 Å². The van der Waals surface area contributed by atoms with Crippen LogP contribution >= 0.6 is 11.3 Å². The van der Waals surface area contributed by atoms with Crippen molar-refractivity contribution < 1.29 is 22.8 Å². The van der Waals surface area contributed by atoms with Crippen LogP contribution in [0.1, 0.15) is 42.7 Å². The highest BCUT2D eigenvalue weighted by Crippen LogP contribution is 2.43. The van der Waals surface area contributed by atoms with Crippen molar-refractivity contribution in [2.24, 2.45) is 5.73 Å². The molecule has 188 valence electrons. The molecule has 12 heteroatoms. The van der Waals surface area contributed by atoms with E-state index in [-0.39, 0.29) is 31.9 Å². The maximum atomic E-state index is 13.7. The van der Waals surface area contributed by atoms with Crippen LogP contribution in [0.5, 0.6) is 0 Å². The number of rotatable bonds is 4. The maximum Gasteiger partial charge on any atom is 0.433 e. The highest BCUT2D eigenvalue weighted by atomic mass is 32.1. The quantitative estimate of drug-likeness (QED) is 0.331. The van der Waals surface area contributed by atoms with E-state index in [4.69, 9.17) is 5.73 Å². The molecule has 0 aliphatic rings. The Hall–Kier alpha value is -4.32. The Morgan fingerprint density at radius 1 is 1.05 bits per heavy atom. The van der Waals surface area contributed by atoms with Crippen LogP contribution in [0.4, 0.5) is 18.9 Å². The lowest BCUT2D eigenvalue weighted by atomic mass is 10.00. The van der Waals surface area contributed by atoms with Crippen molar-refractivity contribution in [2.45, 2.75) is 26.9 Å². The van der Waals surface area contributed by atoms with E-state index in [2.05, 4.69) is 20.4 Å². The number of halogens is 3. The van der Waals surface area contributed by atoms with Crippen molar-refractivity contribution in [3.8, 4) is 11.1 Å². The number of hydrogen-bond acceptors (Lipinski definition) is 6. The van der Waals surface area contributed by atoms with Crippen molar-refractivity contribution in [1.29, 1.82) is 0 Å². The fourth-order valence-corrected chi connectivity index (χ4v) is 5.12. The molecular weight excluding hydrogens is 505 g/mol. The summed E-state index contributed by atoms with van der Waals surface area (Å²) in [5.74, 6) is -1.56. The van der Waals surface area contributed by atoms with Crippen molar-refractivity contribution in [2.75, 3.05) is 5.32 Å². The van der Waals surface area contributed by atoms with Crippen molar-refractivity contribution in [1.82, 2.24) is 19.6 Å². The smallest absolute Gasteiger partial charge is 0.365 e. The number of thiophene rings is 1. The highest BCUT2D eigenvalue weighted by molar-refractivity contribution is 7.21. The number of carbonyl (C=O) groups is 2. The predicted molar refractivity (Wildman–Crippen MR) is 134 cm³/mol. The van der Waals surface area contributed by atoms with Gasteiger partial charge >= 0.3 is 6.18 Å². The molecule has 0 radical (unpaired) electrons. The minimum atomic E-state index is -4.73. The molecule has 3 N–H and O–H groups in total. The summed E-state index contributed by atoms with van der Waals surface area (Å²) in [6, 6.07) is 9.55. The summed E-state index contributed by atoms with van der Waals surface area (Å²) in [6.07, 6.45) is -3.39. The minimum Gasteiger partial charge on any atom is -0.365 e. The minimum absolute atomic E-state index is 0.0157. The average Bonchev–Trinajstić information content (AvgIpc) is 3.40. The largest absolute Gasteiger partial charge is 0.433 e. The van der Waals surface area contributed by atoms with Crippen LogP contribution in [0, 0.1) is 20.8 Å². The van der Waals surface area contributed by atoms with Crippen molar-refractivity contribution >= 4 is 44.7 Å². The Bertz CT molecular complexity index is 1720. The van der Waals surface area contributed by atoms with E-state index in [1.54, 1.807) is 37.3 Å². The summed E-state index contributed by atoms with van der Waals surface area (Å²) in [6.45, 7) is 5.44. The van der Waals surface area contributed by atoms with Gasteiger partial charge in [-0.15, -0.1) is 11.3 Å². The first kappa shape index (κ1) is 24.4. The molecular formula is C25H19F3N6O2S. The van der Waals surface area contributed by atoms with E-state index in [0.717, 1.165) is 17.3 Å². The SMILES string of the molecule is Cc1ccc(-c2cc(C(F)(F)F)nc3sc(C(N)=O)c(NC(=O)c4cnn5c(C)cc(C)nc45)c23)cc1. The fraction of sp³-hybridized carbons (Fsp3) is 0.160. The number of pyridine rings is 1. The first-order valence-corrected chi connectivity index (χ1v) is 11.8. The molecule has 0 aliphatic carbocycles. The third kappa shape index (κ3) is 4.29. The second-order valence-electron chi connectivity index (χ2n) is 8.56. The molecule has 0 spiro atoms. The molecule has 1 aromatic carbocycles. The molecule has 4 aromatic heterocycles. The van der Waals surface area contributed by atoms with Gasteiger partial charge in [0, 0.05) is 16.8 Å². The Labute approximate surface area is 212 Å². The van der Waals surface area contributed by atoms with E-state index in [1.165, 1.54) is 10.7 Å². The molecule has 37 heavy (non-hydrogen) atoms. The molecule has 8 nitrogen and oxygen atoms in total. The third-order valence-electron chi connectivity index (χ3n) is 5.80. The van der Waals surface area contributed by atoms with Gasteiger partial charge in [0.2, 0.25) is 0 Å². The van der Waals surface area contributed by atoms with Crippen LogP contribution in [-0.2, 0) is 6.18 Å². The Morgan fingerprint density at radius 3 is 2.41 bits per heavy atom. The highest BCUT2D eigenvalue weighted by Gasteiger charge is 2.35. The lowest BCUT2D eigenvalue weighted by Gasteiger charge is -2.12. The van der Waals surface area contributed by atoms with E-state index < -0.39 is 23.7 Å². The number of nitrogens with zero attached hydrogens (tertiary/aromatic N) is 4. The Balaban J connectivity index is 1.74. The van der Waals surface area contributed by atoms with Crippen LogP contribution in [0.2, 0.25) is 0 Å². The molecule has 2 amide bonds. The van der Waals surface area contributed by atoms with E-state index in [9.17, 15) is 22.8 Å². The first-order valence-electron chi connectivity index (χ1n) is 11.0. The zero-order valence-electron chi connectivity index (χ0n) is 19.8. The molecule has 5 aromatic rings. The number of amides is 2. The second kappa shape index (κ2) is 8.66. The number of benzene rings is 1. The van der Waals surface area contributed by atoms with Gasteiger partial charge in [0.25, 0.3) is 11.8 Å². The molecule has 5 rings (SSSR count). The summed E-state index contributed by atoms with van der Waals surface area (Å²) < 4.78 is 42.6. The predicted octanol–water partition coefficient (Wildman–Crippen LogP) is 5.30. The van der Waals surface area contributed by atoms with Crippen molar-refractivity contribution in [3.05, 3.63) is 75.7 Å². The number of nitrogens with two attached hydrogens (primary N) is 1. The van der Waals surface area contributed by atoms with Gasteiger partial charge in [-0.05, 0) is 44.0 Å². The van der Waals surface area contributed by atoms with Gasteiger partial charge in [-0.25, -0.2) is 14.5 Å². The van der Waals surface area contributed by atoms with Gasteiger partial charge in [0.15, 0.2) is 5.65 Å². The first-order chi connectivity index (χ1) is 17.4. The fourth-order valence-electron chi connectivity index (χ4n) is 4.11. The topological polar surface area (TPSA) is 115 Å². The summed E-state index contributed by atoms with van der Waals surface area (Å²) in [5.41, 5.74) is 7.81. The summed E-state index contributed by atoms with van der Waals surface area (Å²) in [7, 11) is 0. The van der Waals surface area contributed by atoms with Gasteiger partial charge in [0.05, 0.1) is 11.9 Å². The van der Waals surface area contributed by atoms with Gasteiger partial charge in [-0.3, -0.25) is 9.59 Å². The van der Waals surface area contributed by atoms with E-state index in [1.807, 2.05) is 13.8 Å². The molecule has 0 aliphatic heterocycles. The Morgan fingerprint density at radius 2 is 1.76 bits per heavy atom. The van der Waals surface area contributed by atoms with Gasteiger partial charge in [-0.1, -0.05) is 29.8 Å². The molecule has 0 saturated heterocycles. The van der Waals surface area contributed by atoms with E-state index in [0.29, 0.717) is 28.2 Å². The van der Waals surface area contributed by atoms with Gasteiger partial charge in [0.1, 0.15) is 21.0 Å². The Kier molecular flexibility index (Phi) is 5.71. The number of carbonyl (C=O) groups excluding carboxylic acids is 2. The number of hydrogen-bond donors (Lipinski definition) is 2. The summed E-state index contributed by atoms with van der Waals surface area (Å²) in [4.78, 5) is 33.7.